The van der Waals surface area contributed by atoms with Crippen LogP contribution in [0, 0.1) is 18.3 Å². The lowest BCUT2D eigenvalue weighted by Gasteiger charge is -2.26. The fraction of sp³-hybridized carbons (Fsp3) is 0.508. The van der Waals surface area contributed by atoms with Gasteiger partial charge < -0.3 is 41.6 Å². The third kappa shape index (κ3) is 14.7. The molecule has 2 fully saturated rings. The molecule has 0 bridgehead atoms. The minimum absolute atomic E-state index is 0.0214. The van der Waals surface area contributed by atoms with Gasteiger partial charge in [-0.05, 0) is 106 Å². The summed E-state index contributed by atoms with van der Waals surface area (Å²) in [5.74, 6) is -0.554. The first-order valence-electron chi connectivity index (χ1n) is 27.7. The quantitative estimate of drug-likeness (QED) is 0.0393. The molecule has 1 aliphatic carbocycles. The van der Waals surface area contributed by atoms with E-state index in [1.54, 1.807) is 26.8 Å². The number of rotatable bonds is 19. The molecule has 7 N–H and O–H groups in total. The number of likely N-dealkylation sites (tertiary alicyclic amines) is 1. The van der Waals surface area contributed by atoms with E-state index in [9.17, 15) is 29.1 Å². The number of aliphatic hydroxyl groups is 1. The lowest BCUT2D eigenvalue weighted by molar-refractivity contribution is -0.126. The van der Waals surface area contributed by atoms with E-state index in [0.717, 1.165) is 121 Å². The number of imidazole rings is 1. The van der Waals surface area contributed by atoms with Crippen LogP contribution < -0.4 is 43.4 Å². The van der Waals surface area contributed by atoms with Gasteiger partial charge in [0.15, 0.2) is 0 Å². The molecule has 6 heterocycles. The Hall–Kier alpha value is -6.90. The van der Waals surface area contributed by atoms with E-state index in [1.165, 1.54) is 17.6 Å². The van der Waals surface area contributed by atoms with Gasteiger partial charge in [0.05, 0.1) is 63.3 Å². The number of hydrogen-bond acceptors (Lipinski definition) is 13. The monoisotopic (exact) mass is 1110 g/mol. The first kappa shape index (κ1) is 59.8. The number of aldehydes is 1. The number of nitrogens with one attached hydrogen (secondary N) is 4. The van der Waals surface area contributed by atoms with E-state index >= 15 is 4.39 Å². The fourth-order valence-electron chi connectivity index (χ4n) is 10.8. The lowest BCUT2D eigenvalue weighted by Crippen LogP contribution is -2.49. The summed E-state index contributed by atoms with van der Waals surface area (Å²) in [4.78, 5) is 66.9. The molecule has 4 unspecified atom stereocenters. The van der Waals surface area contributed by atoms with E-state index in [1.807, 2.05) is 77.1 Å². The average molecular weight is 1110 g/mol. The number of ether oxygens (including phenoxy) is 1. The number of aryl methyl sites for hydroxylation is 3. The topological polar surface area (TPSA) is 233 Å². The zero-order valence-corrected chi connectivity index (χ0v) is 47.9. The van der Waals surface area contributed by atoms with Gasteiger partial charge >= 0.3 is 11.8 Å². The summed E-state index contributed by atoms with van der Waals surface area (Å²) < 4.78 is 25.1. The van der Waals surface area contributed by atoms with E-state index in [-0.39, 0.29) is 53.8 Å². The first-order chi connectivity index (χ1) is 37.8. The number of primary amides is 1. The van der Waals surface area contributed by atoms with Crippen LogP contribution in [0.5, 0.6) is 0 Å². The molecule has 3 aromatic heterocycles. The van der Waals surface area contributed by atoms with E-state index in [4.69, 9.17) is 0 Å². The van der Waals surface area contributed by atoms with Crippen LogP contribution in [0.25, 0.3) is 33.5 Å². The maximum absolute atomic E-state index is 15.9. The highest BCUT2D eigenvalue weighted by Crippen LogP contribution is 2.40. The van der Waals surface area contributed by atoms with Gasteiger partial charge in [-0.2, -0.15) is 4.39 Å². The van der Waals surface area contributed by atoms with Crippen molar-refractivity contribution < 1.29 is 33.4 Å². The van der Waals surface area contributed by atoms with Crippen LogP contribution in [-0.2, 0) is 39.1 Å². The van der Waals surface area contributed by atoms with Gasteiger partial charge in [-0.3, -0.25) is 28.3 Å². The molecule has 2 aromatic carbocycles. The van der Waals surface area contributed by atoms with Crippen LogP contribution in [-0.4, -0.2) is 104 Å². The SMILES string of the molecule is COC(N)=O.Cc1ncsc1-c1ccc(C(C)NC(=O)C2CCCN2C)cc1.Cn1c2c(n(C3CCCC3)c1=O)=C1C(c3ccc(CCCO)cc3)=C(c3cn(CCCCCCC(=O)NC(C=O)C(C)(C)C)nc3F)NC1NC=2. The molecule has 3 amide bonds. The van der Waals surface area contributed by atoms with E-state index in [0.29, 0.717) is 37.1 Å². The van der Waals surface area contributed by atoms with Crippen molar-refractivity contribution in [3.8, 4) is 10.4 Å². The van der Waals surface area contributed by atoms with Crippen LogP contribution in [0.15, 0.2) is 65.0 Å². The summed E-state index contributed by atoms with van der Waals surface area (Å²) >= 11 is 1.66. The van der Waals surface area contributed by atoms with Gasteiger partial charge in [0.2, 0.25) is 17.8 Å². The predicted octanol–water partition coefficient (Wildman–Crippen LogP) is 6.33. The van der Waals surface area contributed by atoms with Crippen LogP contribution in [0.1, 0.15) is 145 Å². The molecule has 9 rings (SSSR count). The number of methoxy groups -OCH3 is 1. The van der Waals surface area contributed by atoms with Crippen molar-refractivity contribution in [2.45, 2.75) is 155 Å². The summed E-state index contributed by atoms with van der Waals surface area (Å²) in [6.45, 7) is 11.5. The molecule has 4 atom stereocenters. The van der Waals surface area contributed by atoms with E-state index < -0.39 is 18.1 Å². The molecule has 18 nitrogen and oxygen atoms in total. The molecule has 1 saturated heterocycles. The highest BCUT2D eigenvalue weighted by molar-refractivity contribution is 7.13. The summed E-state index contributed by atoms with van der Waals surface area (Å²) in [5.41, 5.74) is 14.1. The Balaban J connectivity index is 0.000000266. The number of likely N-dealkylation sites (N-methyl/N-ethyl adjacent to an activating group) is 1. The van der Waals surface area contributed by atoms with E-state index in [2.05, 4.69) is 83.1 Å². The van der Waals surface area contributed by atoms with Gasteiger partial charge in [0.25, 0.3) is 0 Å². The van der Waals surface area contributed by atoms with Crippen molar-refractivity contribution in [3.05, 3.63) is 115 Å². The molecule has 0 spiro atoms. The number of halogens is 1. The first-order valence-corrected chi connectivity index (χ1v) is 28.5. The number of aliphatic hydroxyl groups excluding tert-OH is 1. The average Bonchev–Trinajstić information content (AvgIpc) is 4.50. The Morgan fingerprint density at radius 2 is 1.66 bits per heavy atom. The normalized spacial score (nSPS) is 17.7. The Morgan fingerprint density at radius 1 is 0.975 bits per heavy atom. The number of unbranched alkanes of at least 4 members (excludes halogenated alkanes) is 3. The molecule has 20 heteroatoms. The second kappa shape index (κ2) is 27.3. The second-order valence-electron chi connectivity index (χ2n) is 22.0. The van der Waals surface area contributed by atoms with Gasteiger partial charge in [-0.1, -0.05) is 95.0 Å². The van der Waals surface area contributed by atoms with Crippen molar-refractivity contribution in [3.63, 3.8) is 0 Å². The van der Waals surface area contributed by atoms with Crippen LogP contribution in [0.3, 0.4) is 0 Å². The predicted molar refractivity (Wildman–Crippen MR) is 307 cm³/mol. The number of amides is 3. The summed E-state index contributed by atoms with van der Waals surface area (Å²) in [5, 5.41) is 28.3. The molecular weight excluding hydrogens is 1030 g/mol. The van der Waals surface area contributed by atoms with Crippen molar-refractivity contribution in [1.82, 2.24) is 50.1 Å². The third-order valence-corrected chi connectivity index (χ3v) is 16.3. The minimum Gasteiger partial charge on any atom is -0.453 e. The smallest absolute Gasteiger partial charge is 0.404 e. The van der Waals surface area contributed by atoms with Gasteiger partial charge in [-0.15, -0.1) is 16.4 Å². The number of nitrogens with zero attached hydrogens (tertiary/aromatic N) is 6. The fourth-order valence-corrected chi connectivity index (χ4v) is 11.6. The van der Waals surface area contributed by atoms with Crippen LogP contribution >= 0.6 is 11.3 Å². The standard InChI is InChI=1S/C39H52FN7O4.C18H23N3OS.C2H5NO2/c1-39(2,3)30(24-49)42-31(50)15-7-5-6-10-20-46-23-28(36(40)44-46)34-32(26-18-16-25(17-19-26)12-11-21-48)33-35-29(22-41-37(33)43-34)45(4)38(51)47(35)27-13-8-9-14-27;1-12(20-18(22)16-5-4-10-21(16)3)14-6-8-15(9-7-14)17-13(2)19-11-23-17;1-5-2(3)4/h16-19,22-24,27,30,37,41,43,48H,5-15,20-21H2,1-4H3,(H,42,50);6-9,11-12,16H,4-5,10H2,1-3H3,(H,20,22);1H3,(H2,3,4). The lowest BCUT2D eigenvalue weighted by atomic mass is 9.87. The largest absolute Gasteiger partial charge is 0.453 e. The number of carbonyl (C=O) groups excluding carboxylic acids is 4. The maximum atomic E-state index is 15.9. The van der Waals surface area contributed by atoms with Gasteiger partial charge in [0, 0.05) is 56.2 Å². The van der Waals surface area contributed by atoms with Crippen molar-refractivity contribution in [2.24, 2.45) is 18.2 Å². The van der Waals surface area contributed by atoms with Gasteiger partial charge in [0.1, 0.15) is 12.5 Å². The molecule has 5 aromatic rings. The molecule has 0 radical (unpaired) electrons. The number of benzene rings is 2. The Labute approximate surface area is 466 Å². The Kier molecular flexibility index (Phi) is 20.7. The molecule has 426 valence electrons. The van der Waals surface area contributed by atoms with Crippen LogP contribution in [0.2, 0.25) is 0 Å². The molecular formula is C59H80FN11O7S. The number of fused-ring (bicyclic) bond motifs is 2. The molecule has 79 heavy (non-hydrogen) atoms. The Morgan fingerprint density at radius 3 is 2.27 bits per heavy atom. The molecule has 1 saturated carbocycles. The number of aromatic nitrogens is 5. The summed E-state index contributed by atoms with van der Waals surface area (Å²) in [7, 11) is 5.05. The van der Waals surface area contributed by atoms with Crippen molar-refractivity contribution in [1.29, 1.82) is 0 Å². The minimum atomic E-state index is -0.745. The number of hydrogen-bond donors (Lipinski definition) is 6. The number of nitrogens with two attached hydrogens (primary N) is 1. The number of carbonyl (C=O) groups is 4. The Bertz CT molecular complexity index is 3130. The zero-order chi connectivity index (χ0) is 57.0. The van der Waals surface area contributed by atoms with Crippen molar-refractivity contribution >= 4 is 58.6 Å². The summed E-state index contributed by atoms with van der Waals surface area (Å²) in [6, 6.07) is 16.3. The summed E-state index contributed by atoms with van der Waals surface area (Å²) in [6.07, 6.45) is 14.4. The van der Waals surface area contributed by atoms with Crippen molar-refractivity contribution in [2.75, 3.05) is 27.3 Å². The second-order valence-corrected chi connectivity index (χ2v) is 22.9. The highest BCUT2D eigenvalue weighted by Gasteiger charge is 2.37. The van der Waals surface area contributed by atoms with Crippen LogP contribution in [0.4, 0.5) is 9.18 Å². The van der Waals surface area contributed by atoms with Gasteiger partial charge in [-0.25, -0.2) is 14.6 Å². The zero-order valence-electron chi connectivity index (χ0n) is 47.1. The molecule has 4 aliphatic rings. The third-order valence-electron chi connectivity index (χ3n) is 15.3. The molecule has 3 aliphatic heterocycles. The maximum Gasteiger partial charge on any atom is 0.404 e. The number of thiazole rings is 1. The highest BCUT2D eigenvalue weighted by atomic mass is 32.1.